The molecule has 2 atom stereocenters. The molecular weight excluding hydrogens is 268 g/mol. The lowest BCUT2D eigenvalue weighted by atomic mass is 9.90. The van der Waals surface area contributed by atoms with Gasteiger partial charge in [0.2, 0.25) is 0 Å². The van der Waals surface area contributed by atoms with Gasteiger partial charge < -0.3 is 9.64 Å². The Morgan fingerprint density at radius 3 is 2.76 bits per heavy atom. The molecule has 1 N–H and O–H groups in total. The number of hydrogen-bond acceptors (Lipinski definition) is 3. The highest BCUT2D eigenvalue weighted by Gasteiger charge is 2.50. The number of ether oxygens (including phenoxy) is 1. The number of hydrogen-bond donors (Lipinski definition) is 1. The fraction of sp³-hybridized carbons (Fsp3) is 0.500. The molecule has 2 aliphatic heterocycles. The van der Waals surface area contributed by atoms with E-state index in [1.165, 1.54) is 0 Å². The molecule has 0 spiro atoms. The lowest BCUT2D eigenvalue weighted by molar-refractivity contribution is -0.126. The van der Waals surface area contributed by atoms with Gasteiger partial charge in [0.1, 0.15) is 5.54 Å². The van der Waals surface area contributed by atoms with Gasteiger partial charge >= 0.3 is 6.03 Å². The summed E-state index contributed by atoms with van der Waals surface area (Å²) >= 11 is 0. The zero-order valence-electron chi connectivity index (χ0n) is 12.2. The number of benzene rings is 1. The topological polar surface area (TPSA) is 58.6 Å². The van der Waals surface area contributed by atoms with Crippen molar-refractivity contribution in [1.82, 2.24) is 10.2 Å². The van der Waals surface area contributed by atoms with Gasteiger partial charge in [0.05, 0.1) is 6.10 Å². The highest BCUT2D eigenvalue weighted by molar-refractivity contribution is 6.07. The molecule has 3 rings (SSSR count). The average molecular weight is 288 g/mol. The van der Waals surface area contributed by atoms with Gasteiger partial charge in [-0.25, -0.2) is 4.79 Å². The Kier molecular flexibility index (Phi) is 3.68. The fourth-order valence-corrected chi connectivity index (χ4v) is 3.13. The maximum Gasteiger partial charge on any atom is 0.325 e. The van der Waals surface area contributed by atoms with Crippen molar-refractivity contribution < 1.29 is 14.3 Å². The van der Waals surface area contributed by atoms with Gasteiger partial charge in [-0.15, -0.1) is 0 Å². The van der Waals surface area contributed by atoms with Crippen LogP contribution in [0.25, 0.3) is 0 Å². The molecule has 2 heterocycles. The van der Waals surface area contributed by atoms with Gasteiger partial charge in [-0.05, 0) is 31.7 Å². The number of nitrogens with zero attached hydrogens (tertiary/aromatic N) is 1. The third kappa shape index (κ3) is 2.42. The van der Waals surface area contributed by atoms with Crippen molar-refractivity contribution in [3.8, 4) is 0 Å². The minimum atomic E-state index is -0.934. The van der Waals surface area contributed by atoms with Gasteiger partial charge in [-0.3, -0.25) is 10.1 Å². The lowest BCUT2D eigenvalue weighted by Gasteiger charge is -2.32. The molecule has 0 bridgehead atoms. The van der Waals surface area contributed by atoms with Crippen LogP contribution >= 0.6 is 0 Å². The van der Waals surface area contributed by atoms with Crippen LogP contribution in [-0.4, -0.2) is 36.1 Å². The SMILES string of the molecule is CC1(c2ccccc2)C(=O)NC(=O)N1CCC1CCCO1. The Hall–Kier alpha value is -1.88. The van der Waals surface area contributed by atoms with Gasteiger partial charge in [-0.1, -0.05) is 30.3 Å². The molecule has 1 aromatic carbocycles. The molecule has 5 heteroatoms. The van der Waals surface area contributed by atoms with Crippen LogP contribution in [0.15, 0.2) is 30.3 Å². The molecule has 2 unspecified atom stereocenters. The third-order valence-electron chi connectivity index (χ3n) is 4.48. The Labute approximate surface area is 124 Å². The fourth-order valence-electron chi connectivity index (χ4n) is 3.13. The molecular formula is C16H20N2O3. The molecule has 2 fully saturated rings. The van der Waals surface area contributed by atoms with Crippen LogP contribution in [0.1, 0.15) is 31.7 Å². The largest absolute Gasteiger partial charge is 0.378 e. The number of rotatable bonds is 4. The lowest BCUT2D eigenvalue weighted by Crippen LogP contribution is -2.45. The van der Waals surface area contributed by atoms with E-state index in [-0.39, 0.29) is 18.0 Å². The number of urea groups is 1. The summed E-state index contributed by atoms with van der Waals surface area (Å²) in [5.41, 5.74) is -0.0996. The first kappa shape index (κ1) is 14.1. The minimum absolute atomic E-state index is 0.202. The van der Waals surface area contributed by atoms with Crippen molar-refractivity contribution in [3.63, 3.8) is 0 Å². The summed E-state index contributed by atoms with van der Waals surface area (Å²) in [6, 6.07) is 9.13. The first-order valence-electron chi connectivity index (χ1n) is 7.42. The van der Waals surface area contributed by atoms with Crippen molar-refractivity contribution in [1.29, 1.82) is 0 Å². The summed E-state index contributed by atoms with van der Waals surface area (Å²) in [4.78, 5) is 26.1. The number of amides is 3. The molecule has 1 aromatic rings. The highest BCUT2D eigenvalue weighted by atomic mass is 16.5. The highest BCUT2D eigenvalue weighted by Crippen LogP contribution is 2.33. The molecule has 5 nitrogen and oxygen atoms in total. The van der Waals surface area contributed by atoms with E-state index in [1.54, 1.807) is 11.8 Å². The second kappa shape index (κ2) is 5.48. The van der Waals surface area contributed by atoms with Crippen molar-refractivity contribution in [3.05, 3.63) is 35.9 Å². The molecule has 2 aliphatic rings. The van der Waals surface area contributed by atoms with E-state index in [0.717, 1.165) is 31.4 Å². The van der Waals surface area contributed by atoms with Gasteiger partial charge in [0.25, 0.3) is 5.91 Å². The van der Waals surface area contributed by atoms with E-state index in [2.05, 4.69) is 5.32 Å². The maximum absolute atomic E-state index is 12.3. The smallest absolute Gasteiger partial charge is 0.325 e. The Balaban J connectivity index is 1.82. The number of nitrogens with one attached hydrogen (secondary N) is 1. The summed E-state index contributed by atoms with van der Waals surface area (Å²) in [6.07, 6.45) is 3.08. The van der Waals surface area contributed by atoms with E-state index in [4.69, 9.17) is 4.74 Å². The van der Waals surface area contributed by atoms with E-state index in [0.29, 0.717) is 6.54 Å². The predicted molar refractivity (Wildman–Crippen MR) is 77.6 cm³/mol. The maximum atomic E-state index is 12.3. The Morgan fingerprint density at radius 2 is 2.10 bits per heavy atom. The molecule has 0 saturated carbocycles. The molecule has 0 aromatic heterocycles. The first-order valence-corrected chi connectivity index (χ1v) is 7.42. The Morgan fingerprint density at radius 1 is 1.33 bits per heavy atom. The zero-order valence-corrected chi connectivity index (χ0v) is 12.2. The van der Waals surface area contributed by atoms with Crippen LogP contribution in [0.5, 0.6) is 0 Å². The van der Waals surface area contributed by atoms with Crippen LogP contribution in [0, 0.1) is 0 Å². The summed E-state index contributed by atoms with van der Waals surface area (Å²) in [7, 11) is 0. The average Bonchev–Trinajstić information content (AvgIpc) is 3.07. The van der Waals surface area contributed by atoms with E-state index in [9.17, 15) is 9.59 Å². The molecule has 0 aliphatic carbocycles. The molecule has 2 saturated heterocycles. The van der Waals surface area contributed by atoms with Crippen molar-refractivity contribution in [2.24, 2.45) is 0 Å². The van der Waals surface area contributed by atoms with E-state index >= 15 is 0 Å². The van der Waals surface area contributed by atoms with Crippen LogP contribution in [0.4, 0.5) is 4.79 Å². The third-order valence-corrected chi connectivity index (χ3v) is 4.48. The summed E-state index contributed by atoms with van der Waals surface area (Å²) in [6.45, 7) is 3.12. The Bertz CT molecular complexity index is 540. The van der Waals surface area contributed by atoms with Gasteiger partial charge in [-0.2, -0.15) is 0 Å². The molecule has 21 heavy (non-hydrogen) atoms. The molecule has 0 radical (unpaired) electrons. The monoisotopic (exact) mass is 288 g/mol. The molecule has 3 amide bonds. The summed E-state index contributed by atoms with van der Waals surface area (Å²) < 4.78 is 5.61. The minimum Gasteiger partial charge on any atom is -0.378 e. The summed E-state index contributed by atoms with van der Waals surface area (Å²) in [5.74, 6) is -0.258. The van der Waals surface area contributed by atoms with Gasteiger partial charge in [0.15, 0.2) is 0 Å². The first-order chi connectivity index (χ1) is 10.1. The summed E-state index contributed by atoms with van der Waals surface area (Å²) in [5, 5.41) is 2.44. The van der Waals surface area contributed by atoms with Gasteiger partial charge in [0, 0.05) is 13.2 Å². The van der Waals surface area contributed by atoms with Crippen molar-refractivity contribution >= 4 is 11.9 Å². The second-order valence-electron chi connectivity index (χ2n) is 5.77. The quantitative estimate of drug-likeness (QED) is 0.862. The van der Waals surface area contributed by atoms with Crippen LogP contribution in [-0.2, 0) is 15.1 Å². The van der Waals surface area contributed by atoms with Crippen LogP contribution in [0.3, 0.4) is 0 Å². The predicted octanol–water partition coefficient (Wildman–Crippen LogP) is 2.02. The van der Waals surface area contributed by atoms with Crippen molar-refractivity contribution in [2.75, 3.05) is 13.2 Å². The standard InChI is InChI=1S/C16H20N2O3/c1-16(12-6-3-2-4-7-12)14(19)17-15(20)18(16)10-9-13-8-5-11-21-13/h2-4,6-7,13H,5,8-11H2,1H3,(H,17,19,20). The number of carbonyl (C=O) groups excluding carboxylic acids is 2. The van der Waals surface area contributed by atoms with Crippen LogP contribution < -0.4 is 5.32 Å². The number of imide groups is 1. The van der Waals surface area contributed by atoms with Crippen LogP contribution in [0.2, 0.25) is 0 Å². The van der Waals surface area contributed by atoms with E-state index in [1.807, 2.05) is 30.3 Å². The second-order valence-corrected chi connectivity index (χ2v) is 5.77. The van der Waals surface area contributed by atoms with E-state index < -0.39 is 5.54 Å². The molecule has 112 valence electrons. The number of carbonyl (C=O) groups is 2. The zero-order chi connectivity index (χ0) is 14.9. The normalized spacial score (nSPS) is 29.0. The van der Waals surface area contributed by atoms with Crippen molar-refractivity contribution in [2.45, 2.75) is 37.8 Å².